The van der Waals surface area contributed by atoms with Crippen molar-refractivity contribution < 1.29 is 13.2 Å². The van der Waals surface area contributed by atoms with Crippen LogP contribution in [0.1, 0.15) is 24.0 Å². The maximum atomic E-state index is 12.6. The van der Waals surface area contributed by atoms with Crippen LogP contribution >= 0.6 is 0 Å². The fourth-order valence-electron chi connectivity index (χ4n) is 2.37. The number of aromatic nitrogens is 2. The van der Waals surface area contributed by atoms with Gasteiger partial charge in [-0.2, -0.15) is 18.3 Å². The van der Waals surface area contributed by atoms with Crippen molar-refractivity contribution in [1.29, 1.82) is 0 Å². The zero-order chi connectivity index (χ0) is 14.5. The van der Waals surface area contributed by atoms with Crippen molar-refractivity contribution >= 4 is 0 Å². The molecule has 106 valence electrons. The van der Waals surface area contributed by atoms with Gasteiger partial charge in [0.1, 0.15) is 0 Å². The molecule has 1 aliphatic carbocycles. The monoisotopic (exact) mass is 281 g/mol. The van der Waals surface area contributed by atoms with E-state index in [1.165, 1.54) is 12.1 Å². The number of hydrogen-bond acceptors (Lipinski definition) is 2. The minimum Gasteiger partial charge on any atom is -0.321 e. The second kappa shape index (κ2) is 4.09. The van der Waals surface area contributed by atoms with E-state index in [9.17, 15) is 13.2 Å². The maximum Gasteiger partial charge on any atom is 0.416 e. The molecule has 0 amide bonds. The van der Waals surface area contributed by atoms with E-state index < -0.39 is 11.7 Å². The first-order valence-corrected chi connectivity index (χ1v) is 6.30. The van der Waals surface area contributed by atoms with Crippen LogP contribution in [-0.2, 0) is 18.8 Å². The third kappa shape index (κ3) is 2.10. The van der Waals surface area contributed by atoms with Gasteiger partial charge in [0.15, 0.2) is 0 Å². The Morgan fingerprint density at radius 3 is 2.30 bits per heavy atom. The van der Waals surface area contributed by atoms with Gasteiger partial charge in [-0.25, -0.2) is 0 Å². The molecule has 2 N–H and O–H groups in total. The van der Waals surface area contributed by atoms with Gasteiger partial charge in [0.2, 0.25) is 0 Å². The second-order valence-corrected chi connectivity index (χ2v) is 5.26. The average molecular weight is 281 g/mol. The molecule has 0 aliphatic heterocycles. The number of aryl methyl sites for hydroxylation is 1. The van der Waals surface area contributed by atoms with E-state index >= 15 is 0 Å². The van der Waals surface area contributed by atoms with Crippen molar-refractivity contribution in [1.82, 2.24) is 9.78 Å². The standard InChI is InChI=1S/C14H14F3N3/c1-20-12(11(8-19-20)13(18)6-7-13)9-2-4-10(5-3-9)14(15,16)17/h2-5,8H,6-7,18H2,1H3. The van der Waals surface area contributed by atoms with Crippen LogP contribution in [0.4, 0.5) is 13.2 Å². The lowest BCUT2D eigenvalue weighted by Crippen LogP contribution is -2.19. The fraction of sp³-hybridized carbons (Fsp3) is 0.357. The Hall–Kier alpha value is -1.82. The van der Waals surface area contributed by atoms with E-state index in [4.69, 9.17) is 5.73 Å². The fourth-order valence-corrected chi connectivity index (χ4v) is 2.37. The summed E-state index contributed by atoms with van der Waals surface area (Å²) >= 11 is 0. The highest BCUT2D eigenvalue weighted by atomic mass is 19.4. The summed E-state index contributed by atoms with van der Waals surface area (Å²) in [5.74, 6) is 0. The molecule has 1 heterocycles. The topological polar surface area (TPSA) is 43.8 Å². The Labute approximate surface area is 114 Å². The highest BCUT2D eigenvalue weighted by Gasteiger charge is 2.43. The maximum absolute atomic E-state index is 12.6. The smallest absolute Gasteiger partial charge is 0.321 e. The highest BCUT2D eigenvalue weighted by molar-refractivity contribution is 5.66. The van der Waals surface area contributed by atoms with Crippen molar-refractivity contribution in [2.75, 3.05) is 0 Å². The van der Waals surface area contributed by atoms with Gasteiger partial charge in [-0.3, -0.25) is 4.68 Å². The molecule has 0 saturated heterocycles. The number of nitrogens with zero attached hydrogens (tertiary/aromatic N) is 2. The van der Waals surface area contributed by atoms with Gasteiger partial charge in [0.25, 0.3) is 0 Å². The lowest BCUT2D eigenvalue weighted by molar-refractivity contribution is -0.137. The molecule has 0 atom stereocenters. The summed E-state index contributed by atoms with van der Waals surface area (Å²) < 4.78 is 39.4. The molecule has 20 heavy (non-hydrogen) atoms. The molecule has 0 radical (unpaired) electrons. The van der Waals surface area contributed by atoms with Crippen LogP contribution in [0.25, 0.3) is 11.3 Å². The van der Waals surface area contributed by atoms with Gasteiger partial charge in [0, 0.05) is 23.7 Å². The summed E-state index contributed by atoms with van der Waals surface area (Å²) in [5, 5.41) is 4.19. The summed E-state index contributed by atoms with van der Waals surface area (Å²) in [5.41, 5.74) is 7.55. The molecule has 1 saturated carbocycles. The van der Waals surface area contributed by atoms with Crippen LogP contribution in [0.2, 0.25) is 0 Å². The highest BCUT2D eigenvalue weighted by Crippen LogP contribution is 2.46. The Balaban J connectivity index is 2.04. The molecule has 6 heteroatoms. The molecule has 2 aromatic rings. The normalized spacial score (nSPS) is 17.2. The number of nitrogens with two attached hydrogens (primary N) is 1. The van der Waals surface area contributed by atoms with E-state index in [0.29, 0.717) is 5.56 Å². The third-order valence-corrected chi connectivity index (χ3v) is 3.75. The van der Waals surface area contributed by atoms with Crippen molar-refractivity contribution in [3.05, 3.63) is 41.6 Å². The quantitative estimate of drug-likeness (QED) is 0.919. The van der Waals surface area contributed by atoms with E-state index in [2.05, 4.69) is 5.10 Å². The predicted molar refractivity (Wildman–Crippen MR) is 68.7 cm³/mol. The largest absolute Gasteiger partial charge is 0.416 e. The van der Waals surface area contributed by atoms with Crippen molar-refractivity contribution in [2.45, 2.75) is 24.6 Å². The molecule has 3 nitrogen and oxygen atoms in total. The first-order valence-electron chi connectivity index (χ1n) is 6.30. The van der Waals surface area contributed by atoms with Crippen molar-refractivity contribution in [2.24, 2.45) is 12.8 Å². The zero-order valence-electron chi connectivity index (χ0n) is 10.9. The number of alkyl halides is 3. The van der Waals surface area contributed by atoms with E-state index in [-0.39, 0.29) is 5.54 Å². The van der Waals surface area contributed by atoms with Crippen LogP contribution < -0.4 is 5.73 Å². The average Bonchev–Trinajstić information content (AvgIpc) is 2.99. The Morgan fingerprint density at radius 2 is 1.80 bits per heavy atom. The lowest BCUT2D eigenvalue weighted by Gasteiger charge is -2.12. The Kier molecular flexibility index (Phi) is 2.69. The number of benzene rings is 1. The summed E-state index contributed by atoms with van der Waals surface area (Å²) in [6, 6.07) is 5.11. The summed E-state index contributed by atoms with van der Waals surface area (Å²) in [6.45, 7) is 0. The van der Waals surface area contributed by atoms with Crippen LogP contribution in [0, 0.1) is 0 Å². The Bertz CT molecular complexity index is 637. The zero-order valence-corrected chi connectivity index (χ0v) is 10.9. The van der Waals surface area contributed by atoms with Crippen molar-refractivity contribution in [3.8, 4) is 11.3 Å². The van der Waals surface area contributed by atoms with Crippen LogP contribution in [0.15, 0.2) is 30.5 Å². The number of hydrogen-bond donors (Lipinski definition) is 1. The molecule has 3 rings (SSSR count). The Morgan fingerprint density at radius 1 is 1.20 bits per heavy atom. The van der Waals surface area contributed by atoms with Crippen LogP contribution in [0.5, 0.6) is 0 Å². The first-order chi connectivity index (χ1) is 9.31. The number of halogens is 3. The SMILES string of the molecule is Cn1ncc(C2(N)CC2)c1-c1ccc(C(F)(F)F)cc1. The molecule has 1 fully saturated rings. The molecule has 1 aromatic heterocycles. The summed E-state index contributed by atoms with van der Waals surface area (Å²) in [7, 11) is 1.77. The van der Waals surface area contributed by atoms with E-state index in [1.54, 1.807) is 17.9 Å². The summed E-state index contributed by atoms with van der Waals surface area (Å²) in [6.07, 6.45) is -0.849. The van der Waals surface area contributed by atoms with Gasteiger partial charge < -0.3 is 5.73 Å². The van der Waals surface area contributed by atoms with Crippen LogP contribution in [-0.4, -0.2) is 9.78 Å². The second-order valence-electron chi connectivity index (χ2n) is 5.26. The minimum atomic E-state index is -4.32. The predicted octanol–water partition coefficient (Wildman–Crippen LogP) is 3.05. The molecular formula is C14H14F3N3. The molecule has 1 aromatic carbocycles. The first kappa shape index (κ1) is 13.2. The molecule has 0 spiro atoms. The summed E-state index contributed by atoms with van der Waals surface area (Å²) in [4.78, 5) is 0. The van der Waals surface area contributed by atoms with Gasteiger partial charge in [0.05, 0.1) is 17.5 Å². The molecule has 0 bridgehead atoms. The van der Waals surface area contributed by atoms with E-state index in [1.807, 2.05) is 0 Å². The van der Waals surface area contributed by atoms with Gasteiger partial charge in [-0.05, 0) is 25.0 Å². The molecule has 1 aliphatic rings. The third-order valence-electron chi connectivity index (χ3n) is 3.75. The number of rotatable bonds is 2. The van der Waals surface area contributed by atoms with Crippen molar-refractivity contribution in [3.63, 3.8) is 0 Å². The van der Waals surface area contributed by atoms with E-state index in [0.717, 1.165) is 36.2 Å². The minimum absolute atomic E-state index is 0.369. The molecular weight excluding hydrogens is 267 g/mol. The van der Waals surface area contributed by atoms with Gasteiger partial charge in [-0.15, -0.1) is 0 Å². The van der Waals surface area contributed by atoms with Gasteiger partial charge in [-0.1, -0.05) is 12.1 Å². The molecule has 0 unspecified atom stereocenters. The lowest BCUT2D eigenvalue weighted by atomic mass is 10.0. The van der Waals surface area contributed by atoms with Gasteiger partial charge >= 0.3 is 6.18 Å². The van der Waals surface area contributed by atoms with Crippen LogP contribution in [0.3, 0.4) is 0 Å².